The van der Waals surface area contributed by atoms with Crippen molar-refractivity contribution in [2.45, 2.75) is 24.3 Å². The van der Waals surface area contributed by atoms with Gasteiger partial charge in [0, 0.05) is 7.05 Å². The molecule has 1 aliphatic heterocycles. The van der Waals surface area contributed by atoms with Gasteiger partial charge in [0.25, 0.3) is 0 Å². The summed E-state index contributed by atoms with van der Waals surface area (Å²) in [6, 6.07) is 7.93. The fourth-order valence-corrected chi connectivity index (χ4v) is 3.16. The third kappa shape index (κ3) is 1.07. The summed E-state index contributed by atoms with van der Waals surface area (Å²) in [5.41, 5.74) is 1.07. The van der Waals surface area contributed by atoms with Gasteiger partial charge in [0.2, 0.25) is 0 Å². The van der Waals surface area contributed by atoms with E-state index in [1.165, 1.54) is 5.56 Å². The highest BCUT2D eigenvalue weighted by atomic mass is 32.2. The van der Waals surface area contributed by atoms with Crippen LogP contribution < -0.4 is 0 Å². The fourth-order valence-electron chi connectivity index (χ4n) is 1.65. The van der Waals surface area contributed by atoms with Crippen molar-refractivity contribution in [1.82, 2.24) is 4.31 Å². The summed E-state index contributed by atoms with van der Waals surface area (Å²) in [6.07, 6.45) is 0. The van der Waals surface area contributed by atoms with Crippen molar-refractivity contribution in [3.63, 3.8) is 0 Å². The summed E-state index contributed by atoms with van der Waals surface area (Å²) in [7, 11) is 0.920. The monoisotopic (exact) mass is 195 g/mol. The van der Waals surface area contributed by atoms with E-state index in [-0.39, 0.29) is 5.54 Å². The first-order valence-corrected chi connectivity index (χ1v) is 5.41. The predicted octanol–water partition coefficient (Wildman–Crippen LogP) is 1.89. The van der Waals surface area contributed by atoms with Crippen LogP contribution in [0.5, 0.6) is 0 Å². The molecule has 1 heterocycles. The molecule has 2 rings (SSSR count). The lowest BCUT2D eigenvalue weighted by Crippen LogP contribution is -2.32. The summed E-state index contributed by atoms with van der Waals surface area (Å²) in [6.45, 7) is 4.19. The van der Waals surface area contributed by atoms with Crippen molar-refractivity contribution in [2.24, 2.45) is 0 Å². The van der Waals surface area contributed by atoms with Crippen LogP contribution in [0.25, 0.3) is 0 Å². The Morgan fingerprint density at radius 1 is 1.31 bits per heavy atom. The molecule has 1 unspecified atom stereocenters. The summed E-state index contributed by atoms with van der Waals surface area (Å²) >= 11 is 0. The molecule has 3 heteroatoms. The molecule has 0 fully saturated rings. The molecule has 0 radical (unpaired) electrons. The van der Waals surface area contributed by atoms with Gasteiger partial charge in [0.1, 0.15) is 11.0 Å². The molecule has 1 atom stereocenters. The average Bonchev–Trinajstić information content (AvgIpc) is 2.30. The minimum Gasteiger partial charge on any atom is -0.237 e. The molecule has 1 aliphatic rings. The third-order valence-corrected chi connectivity index (χ3v) is 4.46. The normalized spacial score (nSPS) is 25.9. The molecule has 0 saturated carbocycles. The van der Waals surface area contributed by atoms with Crippen molar-refractivity contribution in [3.8, 4) is 0 Å². The minimum absolute atomic E-state index is 0.110. The predicted molar refractivity (Wildman–Crippen MR) is 53.6 cm³/mol. The van der Waals surface area contributed by atoms with E-state index in [0.29, 0.717) is 0 Å². The van der Waals surface area contributed by atoms with Crippen LogP contribution in [0.3, 0.4) is 0 Å². The molecule has 1 aromatic carbocycles. The Hall–Kier alpha value is -0.670. The molecule has 0 saturated heterocycles. The molecule has 0 spiro atoms. The Labute approximate surface area is 81.2 Å². The number of hydrogen-bond acceptors (Lipinski definition) is 1. The van der Waals surface area contributed by atoms with Gasteiger partial charge in [0.15, 0.2) is 0 Å². The van der Waals surface area contributed by atoms with Gasteiger partial charge in [-0.25, -0.2) is 8.51 Å². The average molecular weight is 195 g/mol. The van der Waals surface area contributed by atoms with Gasteiger partial charge in [-0.3, -0.25) is 0 Å². The zero-order chi connectivity index (χ0) is 9.64. The van der Waals surface area contributed by atoms with Gasteiger partial charge >= 0.3 is 0 Å². The summed E-state index contributed by atoms with van der Waals surface area (Å²) in [5.74, 6) is 0. The molecule has 0 bridgehead atoms. The third-order valence-electron chi connectivity index (χ3n) is 2.77. The first kappa shape index (κ1) is 8.91. The van der Waals surface area contributed by atoms with Gasteiger partial charge in [0.05, 0.1) is 10.4 Å². The second-order valence-electron chi connectivity index (χ2n) is 3.80. The maximum Gasteiger partial charge on any atom is 0.128 e. The van der Waals surface area contributed by atoms with Crippen LogP contribution in [0.1, 0.15) is 19.4 Å². The number of nitrogens with zero attached hydrogens (tertiary/aromatic N) is 1. The van der Waals surface area contributed by atoms with Gasteiger partial charge in [-0.2, -0.15) is 0 Å². The van der Waals surface area contributed by atoms with E-state index in [4.69, 9.17) is 0 Å². The molecule has 1 aromatic rings. The molecule has 0 amide bonds. The lowest BCUT2D eigenvalue weighted by molar-refractivity contribution is 0.298. The topological polar surface area (TPSA) is 20.3 Å². The van der Waals surface area contributed by atoms with Gasteiger partial charge in [-0.05, 0) is 25.5 Å². The molecular formula is C10H13NOS. The van der Waals surface area contributed by atoms with E-state index >= 15 is 0 Å². The van der Waals surface area contributed by atoms with Gasteiger partial charge in [-0.15, -0.1) is 0 Å². The van der Waals surface area contributed by atoms with E-state index in [2.05, 4.69) is 19.9 Å². The summed E-state index contributed by atoms with van der Waals surface area (Å²) in [4.78, 5) is 0.954. The van der Waals surface area contributed by atoms with Crippen LogP contribution in [0.15, 0.2) is 29.2 Å². The van der Waals surface area contributed by atoms with Crippen LogP contribution in [0, 0.1) is 0 Å². The molecule has 2 nitrogen and oxygen atoms in total. The van der Waals surface area contributed by atoms with Crippen LogP contribution in [-0.4, -0.2) is 15.6 Å². The number of rotatable bonds is 0. The number of hydrogen-bond donors (Lipinski definition) is 0. The molecular weight excluding hydrogens is 182 g/mol. The highest BCUT2D eigenvalue weighted by Crippen LogP contribution is 2.39. The Balaban J connectivity index is 2.68. The van der Waals surface area contributed by atoms with Crippen LogP contribution in [0.4, 0.5) is 0 Å². The lowest BCUT2D eigenvalue weighted by atomic mass is 9.95. The summed E-state index contributed by atoms with van der Waals surface area (Å²) in [5, 5.41) is 0. The second kappa shape index (κ2) is 2.66. The maximum absolute atomic E-state index is 11.8. The standard InChI is InChI=1S/C10H13NOS/c1-10(2)8-6-4-5-7-9(8)13(12)11(10)3/h4-7H,1-3H3. The maximum atomic E-state index is 11.8. The number of fused-ring (bicyclic) bond motifs is 1. The van der Waals surface area contributed by atoms with Crippen molar-refractivity contribution in [3.05, 3.63) is 29.8 Å². The lowest BCUT2D eigenvalue weighted by Gasteiger charge is -2.26. The van der Waals surface area contributed by atoms with Crippen molar-refractivity contribution < 1.29 is 4.21 Å². The van der Waals surface area contributed by atoms with Crippen LogP contribution >= 0.6 is 0 Å². The highest BCUT2D eigenvalue weighted by molar-refractivity contribution is 7.83. The van der Waals surface area contributed by atoms with Crippen molar-refractivity contribution in [2.75, 3.05) is 7.05 Å². The largest absolute Gasteiger partial charge is 0.237 e. The first-order valence-electron chi connectivity index (χ1n) is 4.30. The molecule has 13 heavy (non-hydrogen) atoms. The molecule has 0 aromatic heterocycles. The quantitative estimate of drug-likeness (QED) is 0.619. The first-order chi connectivity index (χ1) is 6.05. The number of benzene rings is 1. The Kier molecular flexibility index (Phi) is 1.82. The van der Waals surface area contributed by atoms with E-state index in [9.17, 15) is 4.21 Å². The molecule has 0 aliphatic carbocycles. The van der Waals surface area contributed by atoms with E-state index in [1.807, 2.05) is 29.6 Å². The van der Waals surface area contributed by atoms with E-state index in [1.54, 1.807) is 0 Å². The van der Waals surface area contributed by atoms with E-state index < -0.39 is 11.0 Å². The molecule has 0 N–H and O–H groups in total. The highest BCUT2D eigenvalue weighted by Gasteiger charge is 2.39. The van der Waals surface area contributed by atoms with E-state index in [0.717, 1.165) is 4.90 Å². The summed E-state index contributed by atoms with van der Waals surface area (Å²) < 4.78 is 13.7. The Morgan fingerprint density at radius 3 is 2.54 bits per heavy atom. The Morgan fingerprint density at radius 2 is 1.92 bits per heavy atom. The van der Waals surface area contributed by atoms with Crippen molar-refractivity contribution >= 4 is 11.0 Å². The fraction of sp³-hybridized carbons (Fsp3) is 0.400. The Bertz CT molecular complexity index is 373. The zero-order valence-electron chi connectivity index (χ0n) is 8.07. The SMILES string of the molecule is CN1S(=O)c2ccccc2C1(C)C. The van der Waals surface area contributed by atoms with Gasteiger partial charge < -0.3 is 0 Å². The van der Waals surface area contributed by atoms with Crippen molar-refractivity contribution in [1.29, 1.82) is 0 Å². The van der Waals surface area contributed by atoms with Gasteiger partial charge in [-0.1, -0.05) is 18.2 Å². The van der Waals surface area contributed by atoms with Crippen LogP contribution in [0.2, 0.25) is 0 Å². The van der Waals surface area contributed by atoms with Crippen LogP contribution in [-0.2, 0) is 16.5 Å². The second-order valence-corrected chi connectivity index (χ2v) is 5.29. The smallest absolute Gasteiger partial charge is 0.128 e. The zero-order valence-corrected chi connectivity index (χ0v) is 8.89. The minimum atomic E-state index is -0.979. The molecule has 70 valence electrons.